The maximum absolute atomic E-state index is 12.8. The van der Waals surface area contributed by atoms with Gasteiger partial charge in [0.15, 0.2) is 0 Å². The van der Waals surface area contributed by atoms with Gasteiger partial charge in [-0.25, -0.2) is 8.42 Å². The van der Waals surface area contributed by atoms with Crippen LogP contribution in [0.15, 0.2) is 65.2 Å². The molecular formula is C21H23F3N2O4S. The molecule has 0 spiro atoms. The summed E-state index contributed by atoms with van der Waals surface area (Å²) < 4.78 is 70.5. The van der Waals surface area contributed by atoms with Crippen LogP contribution in [0.5, 0.6) is 5.75 Å². The van der Waals surface area contributed by atoms with Crippen LogP contribution in [0.25, 0.3) is 0 Å². The monoisotopic (exact) mass is 456 g/mol. The van der Waals surface area contributed by atoms with Gasteiger partial charge in [0.2, 0.25) is 10.0 Å². The number of nitrogens with one attached hydrogen (secondary N) is 1. The van der Waals surface area contributed by atoms with E-state index < -0.39 is 21.8 Å². The minimum absolute atomic E-state index is 0.0601. The van der Waals surface area contributed by atoms with E-state index in [1.807, 2.05) is 6.92 Å². The normalized spacial score (nSPS) is 15.4. The Balaban J connectivity index is 1.54. The number of hydroxylamine groups is 1. The summed E-state index contributed by atoms with van der Waals surface area (Å²) in [6.07, 6.45) is -2.34. The zero-order valence-electron chi connectivity index (χ0n) is 16.9. The van der Waals surface area contributed by atoms with Crippen LogP contribution in [0.2, 0.25) is 0 Å². The molecule has 10 heteroatoms. The Hall–Kier alpha value is -2.56. The average molecular weight is 456 g/mol. The largest absolute Gasteiger partial charge is 0.494 e. The van der Waals surface area contributed by atoms with Crippen LogP contribution in [-0.4, -0.2) is 32.4 Å². The molecule has 3 rings (SSSR count). The van der Waals surface area contributed by atoms with Gasteiger partial charge in [0, 0.05) is 25.2 Å². The molecule has 6 nitrogen and oxygen atoms in total. The van der Waals surface area contributed by atoms with Crippen molar-refractivity contribution in [3.05, 3.63) is 71.4 Å². The number of halogens is 3. The first kappa shape index (κ1) is 23.1. The van der Waals surface area contributed by atoms with Crippen molar-refractivity contribution in [1.82, 2.24) is 9.79 Å². The standard InChI is InChI=1S/C21H23F3N2O4S/c1-2-29-19-6-8-20(9-7-19)31(27,28)26-12-10-18(11-13-26)25-30-15-16-4-3-5-17(14-16)21(22,23)24/h3-10,14,25H,2,11-13,15H2,1H3. The lowest BCUT2D eigenvalue weighted by Gasteiger charge is -2.26. The molecule has 168 valence electrons. The fourth-order valence-corrected chi connectivity index (χ4v) is 4.42. The number of hydrogen-bond donors (Lipinski definition) is 1. The molecule has 1 aliphatic rings. The van der Waals surface area contributed by atoms with Gasteiger partial charge in [-0.1, -0.05) is 12.1 Å². The van der Waals surface area contributed by atoms with E-state index in [0.717, 1.165) is 12.1 Å². The summed E-state index contributed by atoms with van der Waals surface area (Å²) in [5.74, 6) is 0.601. The molecule has 1 heterocycles. The first-order valence-electron chi connectivity index (χ1n) is 9.66. The van der Waals surface area contributed by atoms with Gasteiger partial charge in [0.05, 0.1) is 23.7 Å². The summed E-state index contributed by atoms with van der Waals surface area (Å²) in [5.41, 5.74) is 3.01. The molecule has 1 N–H and O–H groups in total. The molecule has 0 bridgehead atoms. The summed E-state index contributed by atoms with van der Waals surface area (Å²) in [5, 5.41) is 0. The van der Waals surface area contributed by atoms with Crippen molar-refractivity contribution in [2.75, 3.05) is 19.7 Å². The molecule has 1 aliphatic heterocycles. The maximum Gasteiger partial charge on any atom is 0.416 e. The van der Waals surface area contributed by atoms with Gasteiger partial charge >= 0.3 is 6.18 Å². The van der Waals surface area contributed by atoms with Gasteiger partial charge in [0.1, 0.15) is 5.75 Å². The van der Waals surface area contributed by atoms with Crippen LogP contribution in [0, 0.1) is 0 Å². The summed E-state index contributed by atoms with van der Waals surface area (Å²) in [4.78, 5) is 5.48. The number of hydrogen-bond acceptors (Lipinski definition) is 5. The third-order valence-electron chi connectivity index (χ3n) is 4.64. The van der Waals surface area contributed by atoms with E-state index in [2.05, 4.69) is 5.48 Å². The van der Waals surface area contributed by atoms with Crippen molar-refractivity contribution in [3.8, 4) is 5.75 Å². The van der Waals surface area contributed by atoms with E-state index in [4.69, 9.17) is 9.57 Å². The van der Waals surface area contributed by atoms with Crippen LogP contribution in [0.3, 0.4) is 0 Å². The van der Waals surface area contributed by atoms with E-state index in [-0.39, 0.29) is 24.6 Å². The average Bonchev–Trinajstić information content (AvgIpc) is 2.74. The Kier molecular flexibility index (Phi) is 7.24. The fraction of sp³-hybridized carbons (Fsp3) is 0.333. The predicted octanol–water partition coefficient (Wildman–Crippen LogP) is 4.10. The lowest BCUT2D eigenvalue weighted by molar-refractivity contribution is -0.137. The molecule has 2 aromatic rings. The Labute approximate surface area is 179 Å². The number of alkyl halides is 3. The maximum atomic E-state index is 12.8. The van der Waals surface area contributed by atoms with Crippen LogP contribution < -0.4 is 10.2 Å². The number of benzene rings is 2. The second-order valence-corrected chi connectivity index (χ2v) is 8.77. The Morgan fingerprint density at radius 3 is 2.48 bits per heavy atom. The first-order chi connectivity index (χ1) is 14.7. The van der Waals surface area contributed by atoms with Crippen LogP contribution in [0.1, 0.15) is 24.5 Å². The Bertz CT molecular complexity index is 1020. The summed E-state index contributed by atoms with van der Waals surface area (Å²) in [7, 11) is -3.64. The Morgan fingerprint density at radius 1 is 1.13 bits per heavy atom. The van der Waals surface area contributed by atoms with Gasteiger partial charge in [0.25, 0.3) is 0 Å². The highest BCUT2D eigenvalue weighted by atomic mass is 32.2. The van der Waals surface area contributed by atoms with Crippen LogP contribution in [-0.2, 0) is 27.6 Å². The molecule has 31 heavy (non-hydrogen) atoms. The lowest BCUT2D eigenvalue weighted by Crippen LogP contribution is -2.36. The number of rotatable bonds is 8. The fourth-order valence-electron chi connectivity index (χ4n) is 3.03. The smallest absolute Gasteiger partial charge is 0.416 e. The number of nitrogens with zero attached hydrogens (tertiary/aromatic N) is 1. The predicted molar refractivity (Wildman–Crippen MR) is 108 cm³/mol. The number of ether oxygens (including phenoxy) is 1. The molecular weight excluding hydrogens is 433 g/mol. The highest BCUT2D eigenvalue weighted by Crippen LogP contribution is 2.29. The zero-order valence-corrected chi connectivity index (χ0v) is 17.7. The van der Waals surface area contributed by atoms with Crippen LogP contribution in [0.4, 0.5) is 13.2 Å². The minimum Gasteiger partial charge on any atom is -0.494 e. The van der Waals surface area contributed by atoms with Crippen molar-refractivity contribution in [3.63, 3.8) is 0 Å². The van der Waals surface area contributed by atoms with Crippen molar-refractivity contribution >= 4 is 10.0 Å². The van der Waals surface area contributed by atoms with Crippen molar-refractivity contribution in [2.24, 2.45) is 0 Å². The van der Waals surface area contributed by atoms with E-state index in [1.54, 1.807) is 18.2 Å². The van der Waals surface area contributed by atoms with E-state index >= 15 is 0 Å². The van der Waals surface area contributed by atoms with Gasteiger partial charge < -0.3 is 4.74 Å². The number of sulfonamides is 1. The molecule has 0 amide bonds. The van der Waals surface area contributed by atoms with Gasteiger partial charge in [-0.05, 0) is 55.0 Å². The molecule has 0 fully saturated rings. The topological polar surface area (TPSA) is 67.9 Å². The summed E-state index contributed by atoms with van der Waals surface area (Å²) >= 11 is 0. The lowest BCUT2D eigenvalue weighted by atomic mass is 10.1. The third kappa shape index (κ3) is 5.99. The molecule has 0 unspecified atom stereocenters. The quantitative estimate of drug-likeness (QED) is 0.606. The highest BCUT2D eigenvalue weighted by Gasteiger charge is 2.30. The molecule has 2 aromatic carbocycles. The van der Waals surface area contributed by atoms with E-state index in [1.165, 1.54) is 28.6 Å². The van der Waals surface area contributed by atoms with Gasteiger partial charge in [-0.3, -0.25) is 10.3 Å². The summed E-state index contributed by atoms with van der Waals surface area (Å²) in [6, 6.07) is 11.1. The molecule has 0 aromatic heterocycles. The van der Waals surface area contributed by atoms with Gasteiger partial charge in [-0.15, -0.1) is 0 Å². The Morgan fingerprint density at radius 2 is 1.87 bits per heavy atom. The highest BCUT2D eigenvalue weighted by molar-refractivity contribution is 7.89. The second-order valence-electron chi connectivity index (χ2n) is 6.84. The minimum atomic E-state index is -4.41. The van der Waals surface area contributed by atoms with Crippen molar-refractivity contribution in [2.45, 2.75) is 31.0 Å². The molecule has 0 saturated carbocycles. The van der Waals surface area contributed by atoms with Crippen LogP contribution >= 0.6 is 0 Å². The first-order valence-corrected chi connectivity index (χ1v) is 11.1. The molecule has 0 saturated heterocycles. The van der Waals surface area contributed by atoms with Gasteiger partial charge in [-0.2, -0.15) is 17.5 Å². The molecule has 0 aliphatic carbocycles. The van der Waals surface area contributed by atoms with E-state index in [0.29, 0.717) is 30.0 Å². The molecule has 0 atom stereocenters. The van der Waals surface area contributed by atoms with E-state index in [9.17, 15) is 21.6 Å². The zero-order chi connectivity index (χ0) is 22.5. The SMILES string of the molecule is CCOc1ccc(S(=O)(=O)N2CC=C(NOCc3cccc(C(F)(F)F)c3)CC2)cc1. The van der Waals surface area contributed by atoms with Crippen molar-refractivity contribution < 1.29 is 31.2 Å². The molecule has 0 radical (unpaired) electrons. The van der Waals surface area contributed by atoms with Crippen molar-refractivity contribution in [1.29, 1.82) is 0 Å². The summed E-state index contributed by atoms with van der Waals surface area (Å²) in [6.45, 7) is 2.69. The second kappa shape index (κ2) is 9.71. The third-order valence-corrected chi connectivity index (χ3v) is 6.52.